The number of halogens is 1. The Morgan fingerprint density at radius 2 is 2.06 bits per heavy atom. The Morgan fingerprint density at radius 1 is 1.35 bits per heavy atom. The van der Waals surface area contributed by atoms with Gasteiger partial charge in [-0.1, -0.05) is 31.7 Å². The van der Waals surface area contributed by atoms with Crippen molar-refractivity contribution in [3.8, 4) is 0 Å². The third-order valence-corrected chi connectivity index (χ3v) is 2.49. The Kier molecular flexibility index (Phi) is 4.97. The number of para-hydroxylation sites is 1. The van der Waals surface area contributed by atoms with Gasteiger partial charge >= 0.3 is 0 Å². The maximum absolute atomic E-state index is 3.78. The van der Waals surface area contributed by atoms with Gasteiger partial charge in [-0.2, -0.15) is 0 Å². The molecule has 0 radical (unpaired) electrons. The Balaban J connectivity index is 0.00000144. The van der Waals surface area contributed by atoms with Gasteiger partial charge in [0.05, 0.1) is 11.9 Å². The van der Waals surface area contributed by atoms with Gasteiger partial charge in [0.25, 0.3) is 5.82 Å². The third-order valence-electron chi connectivity index (χ3n) is 2.49. The monoisotopic (exact) mass is 293 g/mol. The van der Waals surface area contributed by atoms with Gasteiger partial charge in [0.2, 0.25) is 0 Å². The maximum Gasteiger partial charge on any atom is 0.284 e. The lowest BCUT2D eigenvalue weighted by Gasteiger charge is -2.03. The van der Waals surface area contributed by atoms with Gasteiger partial charge in [-0.3, -0.25) is 0 Å². The van der Waals surface area contributed by atoms with Gasteiger partial charge in [-0.15, -0.1) is 4.68 Å². The van der Waals surface area contributed by atoms with Crippen molar-refractivity contribution in [2.45, 2.75) is 13.3 Å². The van der Waals surface area contributed by atoms with Gasteiger partial charge in [0, 0.05) is 6.42 Å². The van der Waals surface area contributed by atoms with Crippen LogP contribution in [0.4, 0.5) is 5.69 Å². The van der Waals surface area contributed by atoms with Gasteiger partial charge in [0.1, 0.15) is 6.20 Å². The number of anilines is 1. The number of hydrogen-bond donors (Lipinski definition) is 1. The molecule has 17 heavy (non-hydrogen) atoms. The van der Waals surface area contributed by atoms with Crippen LogP contribution in [0.1, 0.15) is 12.7 Å². The molecule has 1 heterocycles. The Bertz CT molecular complexity index is 477. The Morgan fingerprint density at radius 3 is 2.65 bits per heavy atom. The first kappa shape index (κ1) is 13.5. The van der Waals surface area contributed by atoms with E-state index in [-0.39, 0.29) is 17.0 Å². The molecule has 0 bridgehead atoms. The van der Waals surface area contributed by atoms with Crippen LogP contribution in [0.25, 0.3) is 6.20 Å². The fraction of sp³-hybridized carbons (Fsp3) is 0.154. The minimum absolute atomic E-state index is 0. The summed E-state index contributed by atoms with van der Waals surface area (Å²) in [5.74, 6) is 1.17. The molecule has 90 valence electrons. The smallest absolute Gasteiger partial charge is 0.284 e. The number of benzene rings is 1. The first-order valence-electron chi connectivity index (χ1n) is 5.41. The van der Waals surface area contributed by atoms with Gasteiger partial charge in [-0.05, 0) is 12.1 Å². The molecule has 1 N–H and O–H groups in total. The van der Waals surface area contributed by atoms with E-state index >= 15 is 0 Å². The van der Waals surface area contributed by atoms with Crippen LogP contribution in [0.3, 0.4) is 0 Å². The molecule has 0 aliphatic carbocycles. The summed E-state index contributed by atoms with van der Waals surface area (Å²) in [5.41, 5.74) is 4.40. The molecular formula is C13H16BrN3. The summed E-state index contributed by atoms with van der Waals surface area (Å²) in [7, 11) is 0. The predicted octanol–water partition coefficient (Wildman–Crippen LogP) is -0.682. The number of imidazole rings is 1. The van der Waals surface area contributed by atoms with E-state index in [0.29, 0.717) is 0 Å². The number of aromatic nitrogens is 2. The van der Waals surface area contributed by atoms with E-state index in [9.17, 15) is 0 Å². The molecule has 0 fully saturated rings. The second-order valence-corrected chi connectivity index (χ2v) is 3.51. The zero-order valence-electron chi connectivity index (χ0n) is 9.81. The molecule has 0 saturated heterocycles. The molecule has 0 atom stereocenters. The predicted molar refractivity (Wildman–Crippen MR) is 65.9 cm³/mol. The summed E-state index contributed by atoms with van der Waals surface area (Å²) >= 11 is 0. The quantitative estimate of drug-likeness (QED) is 0.741. The minimum atomic E-state index is 0. The zero-order chi connectivity index (χ0) is 11.4. The second kappa shape index (κ2) is 6.25. The summed E-state index contributed by atoms with van der Waals surface area (Å²) in [5, 5.41) is 0. The molecule has 4 heteroatoms. The highest BCUT2D eigenvalue weighted by molar-refractivity contribution is 5.42. The van der Waals surface area contributed by atoms with E-state index in [4.69, 9.17) is 0 Å². The molecule has 0 amide bonds. The molecule has 2 rings (SSSR count). The normalized spacial score (nSPS) is 9.47. The van der Waals surface area contributed by atoms with Crippen molar-refractivity contribution in [2.24, 2.45) is 0 Å². The average Bonchev–Trinajstić information content (AvgIpc) is 2.72. The van der Waals surface area contributed by atoms with Crippen LogP contribution in [0, 0.1) is 0 Å². The van der Waals surface area contributed by atoms with Crippen molar-refractivity contribution in [1.29, 1.82) is 0 Å². The zero-order valence-corrected chi connectivity index (χ0v) is 11.4. The Labute approximate surface area is 112 Å². The summed E-state index contributed by atoms with van der Waals surface area (Å²) in [6, 6.07) is 10.1. The summed E-state index contributed by atoms with van der Waals surface area (Å²) in [6.45, 7) is 5.91. The first-order chi connectivity index (χ1) is 7.85. The van der Waals surface area contributed by atoms with E-state index in [2.05, 4.69) is 18.9 Å². The SMILES string of the molecule is C=C[n+]1ccn(Nc2ccccc2)c1CC.[Br-]. The van der Waals surface area contributed by atoms with Crippen LogP contribution in [-0.4, -0.2) is 4.68 Å². The highest BCUT2D eigenvalue weighted by Crippen LogP contribution is 2.06. The molecule has 1 aromatic carbocycles. The average molecular weight is 294 g/mol. The van der Waals surface area contributed by atoms with Crippen LogP contribution >= 0.6 is 0 Å². The number of nitrogens with one attached hydrogen (secondary N) is 1. The summed E-state index contributed by atoms with van der Waals surface area (Å²) in [6.07, 6.45) is 6.73. The molecular weight excluding hydrogens is 278 g/mol. The van der Waals surface area contributed by atoms with Crippen LogP contribution < -0.4 is 27.0 Å². The van der Waals surface area contributed by atoms with Gasteiger partial charge < -0.3 is 17.0 Å². The lowest BCUT2D eigenvalue weighted by molar-refractivity contribution is -0.576. The summed E-state index contributed by atoms with van der Waals surface area (Å²) in [4.78, 5) is 0. The lowest BCUT2D eigenvalue weighted by Crippen LogP contribution is -3.00. The first-order valence-corrected chi connectivity index (χ1v) is 5.41. The van der Waals surface area contributed by atoms with Crippen LogP contribution in [-0.2, 0) is 6.42 Å². The second-order valence-electron chi connectivity index (χ2n) is 3.51. The van der Waals surface area contributed by atoms with Crippen molar-refractivity contribution in [2.75, 3.05) is 5.43 Å². The molecule has 0 aliphatic rings. The van der Waals surface area contributed by atoms with Crippen LogP contribution in [0.15, 0.2) is 49.3 Å². The van der Waals surface area contributed by atoms with Crippen LogP contribution in [0.5, 0.6) is 0 Å². The van der Waals surface area contributed by atoms with Crippen molar-refractivity contribution in [3.63, 3.8) is 0 Å². The Hall–Kier alpha value is -1.55. The molecule has 2 aromatic rings. The van der Waals surface area contributed by atoms with Gasteiger partial charge in [0.15, 0.2) is 6.20 Å². The lowest BCUT2D eigenvalue weighted by atomic mass is 10.3. The fourth-order valence-corrected chi connectivity index (χ4v) is 1.71. The third kappa shape index (κ3) is 2.97. The van der Waals surface area contributed by atoms with E-state index in [1.165, 1.54) is 5.82 Å². The highest BCUT2D eigenvalue weighted by atomic mass is 79.9. The maximum atomic E-state index is 3.78. The molecule has 0 spiro atoms. The van der Waals surface area contributed by atoms with E-state index in [1.807, 2.05) is 58.2 Å². The topological polar surface area (TPSA) is 20.8 Å². The summed E-state index contributed by atoms with van der Waals surface area (Å²) < 4.78 is 4.02. The number of hydrogen-bond acceptors (Lipinski definition) is 1. The van der Waals surface area contributed by atoms with E-state index in [1.54, 1.807) is 0 Å². The van der Waals surface area contributed by atoms with Crippen molar-refractivity contribution in [1.82, 2.24) is 4.68 Å². The van der Waals surface area contributed by atoms with Crippen molar-refractivity contribution >= 4 is 11.9 Å². The number of rotatable bonds is 4. The van der Waals surface area contributed by atoms with Gasteiger partial charge in [-0.25, -0.2) is 9.99 Å². The van der Waals surface area contributed by atoms with Crippen molar-refractivity contribution in [3.05, 3.63) is 55.1 Å². The highest BCUT2D eigenvalue weighted by Gasteiger charge is 2.12. The van der Waals surface area contributed by atoms with E-state index in [0.717, 1.165) is 12.1 Å². The molecule has 0 aliphatic heterocycles. The fourth-order valence-electron chi connectivity index (χ4n) is 1.71. The largest absolute Gasteiger partial charge is 1.00 e. The van der Waals surface area contributed by atoms with Crippen LogP contribution in [0.2, 0.25) is 0 Å². The van der Waals surface area contributed by atoms with Crippen molar-refractivity contribution < 1.29 is 21.5 Å². The number of nitrogens with zero attached hydrogens (tertiary/aromatic N) is 2. The molecule has 1 aromatic heterocycles. The molecule has 0 unspecified atom stereocenters. The molecule has 0 saturated carbocycles. The standard InChI is InChI=1S/C13H16N3.BrH/c1-3-13-15(4-2)10-11-16(13)14-12-8-6-5-7-9-12;/h4-11,14H,2-3H2,1H3;1H/q+1;/p-1. The minimum Gasteiger partial charge on any atom is -1.00 e. The molecule has 3 nitrogen and oxygen atoms in total. The van der Waals surface area contributed by atoms with E-state index < -0.39 is 0 Å².